The maximum atomic E-state index is 13.3. The molecule has 1 amide bonds. The number of carbonyl (C=O) groups excluding carboxylic acids is 1. The molecule has 0 N–H and O–H groups in total. The van der Waals surface area contributed by atoms with E-state index >= 15 is 0 Å². The summed E-state index contributed by atoms with van der Waals surface area (Å²) in [5.41, 5.74) is 3.03. The van der Waals surface area contributed by atoms with Crippen molar-refractivity contribution in [1.82, 2.24) is 4.90 Å². The average molecular weight is 391 g/mol. The Morgan fingerprint density at radius 3 is 2.33 bits per heavy atom. The van der Waals surface area contributed by atoms with Gasteiger partial charge >= 0.3 is 0 Å². The maximum absolute atomic E-state index is 13.3. The Morgan fingerprint density at radius 2 is 1.74 bits per heavy atom. The molecule has 6 heteroatoms. The molecular formula is C21H30N2O3S. The summed E-state index contributed by atoms with van der Waals surface area (Å²) in [5, 5.41) is 1.25. The summed E-state index contributed by atoms with van der Waals surface area (Å²) in [6, 6.07) is 5.47. The van der Waals surface area contributed by atoms with E-state index in [4.69, 9.17) is 0 Å². The van der Waals surface area contributed by atoms with Crippen molar-refractivity contribution in [2.45, 2.75) is 52.0 Å². The van der Waals surface area contributed by atoms with Gasteiger partial charge in [-0.3, -0.25) is 9.69 Å². The van der Waals surface area contributed by atoms with Gasteiger partial charge in [0.05, 0.1) is 18.3 Å². The van der Waals surface area contributed by atoms with Crippen molar-refractivity contribution in [3.8, 4) is 0 Å². The molecule has 0 bridgehead atoms. The number of aryl methyl sites for hydroxylation is 2. The molecule has 1 atom stereocenters. The Bertz CT molecular complexity index is 809. The second-order valence-electron chi connectivity index (χ2n) is 7.80. The molecule has 0 aliphatic carbocycles. The lowest BCUT2D eigenvalue weighted by Crippen LogP contribution is -2.47. The molecule has 0 saturated carbocycles. The summed E-state index contributed by atoms with van der Waals surface area (Å²) < 4.78 is 23.9. The fourth-order valence-corrected chi connectivity index (χ4v) is 5.12. The van der Waals surface area contributed by atoms with Crippen molar-refractivity contribution >= 4 is 21.4 Å². The zero-order chi connectivity index (χ0) is 19.4. The predicted octanol–water partition coefficient (Wildman–Crippen LogP) is 3.21. The summed E-state index contributed by atoms with van der Waals surface area (Å²) in [6.07, 6.45) is 7.60. The van der Waals surface area contributed by atoms with E-state index in [1.807, 2.05) is 32.0 Å². The van der Waals surface area contributed by atoms with Crippen LogP contribution in [0.25, 0.3) is 0 Å². The van der Waals surface area contributed by atoms with Crippen LogP contribution in [0, 0.1) is 13.8 Å². The van der Waals surface area contributed by atoms with Crippen molar-refractivity contribution in [3.63, 3.8) is 0 Å². The van der Waals surface area contributed by atoms with E-state index in [2.05, 4.69) is 4.90 Å². The Hall–Kier alpha value is -1.66. The van der Waals surface area contributed by atoms with Crippen LogP contribution in [0.15, 0.2) is 29.7 Å². The van der Waals surface area contributed by atoms with Crippen LogP contribution >= 0.6 is 0 Å². The number of benzene rings is 1. The van der Waals surface area contributed by atoms with Gasteiger partial charge in [-0.2, -0.15) is 0 Å². The molecule has 1 aromatic rings. The molecule has 1 unspecified atom stereocenters. The van der Waals surface area contributed by atoms with Crippen molar-refractivity contribution in [3.05, 3.63) is 40.8 Å². The number of anilines is 1. The Labute approximate surface area is 163 Å². The highest BCUT2D eigenvalue weighted by Crippen LogP contribution is 2.25. The quantitative estimate of drug-likeness (QED) is 0.792. The largest absolute Gasteiger partial charge is 0.303 e. The number of sulfone groups is 1. The number of nitrogens with zero attached hydrogens (tertiary/aromatic N) is 2. The fourth-order valence-electron chi connectivity index (χ4n) is 3.85. The molecule has 3 rings (SSSR count). The lowest BCUT2D eigenvalue weighted by molar-refractivity contribution is -0.120. The number of likely N-dealkylation sites (tertiary alicyclic amines) is 1. The first kappa shape index (κ1) is 20.1. The van der Waals surface area contributed by atoms with Crippen LogP contribution in [0.1, 0.15) is 43.2 Å². The molecule has 27 heavy (non-hydrogen) atoms. The van der Waals surface area contributed by atoms with Gasteiger partial charge in [0.25, 0.3) is 0 Å². The number of amides is 1. The van der Waals surface area contributed by atoms with Crippen LogP contribution in [0.3, 0.4) is 0 Å². The third-order valence-electron chi connectivity index (χ3n) is 5.59. The fraction of sp³-hybridized carbons (Fsp3) is 0.571. The van der Waals surface area contributed by atoms with E-state index in [0.717, 1.165) is 42.7 Å². The van der Waals surface area contributed by atoms with Crippen LogP contribution in [-0.4, -0.2) is 50.7 Å². The first-order chi connectivity index (χ1) is 12.9. The minimum atomic E-state index is -3.23. The smallest absolute Gasteiger partial charge is 0.241 e. The third-order valence-corrected chi connectivity index (χ3v) is 6.97. The summed E-state index contributed by atoms with van der Waals surface area (Å²) in [5.74, 6) is -0.0587. The monoisotopic (exact) mass is 390 g/mol. The Kier molecular flexibility index (Phi) is 6.37. The molecule has 1 aromatic carbocycles. The van der Waals surface area contributed by atoms with E-state index in [1.165, 1.54) is 24.7 Å². The average Bonchev–Trinajstić information content (AvgIpc) is 2.93. The molecule has 0 spiro atoms. The van der Waals surface area contributed by atoms with Gasteiger partial charge in [-0.15, -0.1) is 0 Å². The Balaban J connectivity index is 1.83. The van der Waals surface area contributed by atoms with Crippen LogP contribution in [0.4, 0.5) is 5.69 Å². The standard InChI is InChI=1S/C21H30N2O3S/c1-17-8-9-19(14-18(17)2)23(20-10-13-27(25,26)16-20)21(24)15-22-11-6-4-3-5-7-12-22/h8-10,13-14,20H,3-7,11-12,15-16H2,1-2H3. The van der Waals surface area contributed by atoms with Crippen molar-refractivity contribution < 1.29 is 13.2 Å². The maximum Gasteiger partial charge on any atom is 0.241 e. The topological polar surface area (TPSA) is 57.7 Å². The van der Waals surface area contributed by atoms with Crippen LogP contribution in [0.5, 0.6) is 0 Å². The highest BCUT2D eigenvalue weighted by atomic mass is 32.2. The first-order valence-electron chi connectivity index (χ1n) is 9.88. The molecular weight excluding hydrogens is 360 g/mol. The molecule has 1 saturated heterocycles. The van der Waals surface area contributed by atoms with Crippen molar-refractivity contribution in [2.24, 2.45) is 0 Å². The normalized spacial score (nSPS) is 23.0. The molecule has 5 nitrogen and oxygen atoms in total. The number of hydrogen-bond acceptors (Lipinski definition) is 4. The van der Waals surface area contributed by atoms with Crippen molar-refractivity contribution in [2.75, 3.05) is 30.3 Å². The van der Waals surface area contributed by atoms with E-state index in [9.17, 15) is 13.2 Å². The highest BCUT2D eigenvalue weighted by molar-refractivity contribution is 7.94. The van der Waals surface area contributed by atoms with Crippen molar-refractivity contribution in [1.29, 1.82) is 0 Å². The van der Waals surface area contributed by atoms with Gasteiger partial charge < -0.3 is 4.90 Å². The zero-order valence-electron chi connectivity index (χ0n) is 16.4. The van der Waals surface area contributed by atoms with E-state index in [0.29, 0.717) is 6.54 Å². The van der Waals surface area contributed by atoms with E-state index < -0.39 is 15.9 Å². The molecule has 0 radical (unpaired) electrons. The molecule has 2 aliphatic heterocycles. The minimum Gasteiger partial charge on any atom is -0.303 e. The Morgan fingerprint density at radius 1 is 1.07 bits per heavy atom. The van der Waals surface area contributed by atoms with Gasteiger partial charge in [-0.05, 0) is 69.1 Å². The van der Waals surface area contributed by atoms with Gasteiger partial charge in [0.1, 0.15) is 0 Å². The molecule has 1 fully saturated rings. The zero-order valence-corrected chi connectivity index (χ0v) is 17.2. The SMILES string of the molecule is Cc1ccc(N(C(=O)CN2CCCCCCC2)C2C=CS(=O)(=O)C2)cc1C. The lowest BCUT2D eigenvalue weighted by Gasteiger charge is -2.31. The lowest BCUT2D eigenvalue weighted by atomic mass is 10.1. The third kappa shape index (κ3) is 5.20. The van der Waals surface area contributed by atoms with Crippen LogP contribution in [0.2, 0.25) is 0 Å². The summed E-state index contributed by atoms with van der Waals surface area (Å²) in [6.45, 7) is 6.26. The minimum absolute atomic E-state index is 0.0226. The number of carbonyl (C=O) groups is 1. The number of hydrogen-bond donors (Lipinski definition) is 0. The molecule has 0 aromatic heterocycles. The second-order valence-corrected chi connectivity index (χ2v) is 9.73. The van der Waals surface area contributed by atoms with Crippen LogP contribution in [-0.2, 0) is 14.6 Å². The van der Waals surface area contributed by atoms with Gasteiger partial charge in [-0.1, -0.05) is 25.3 Å². The van der Waals surface area contributed by atoms with Crippen LogP contribution < -0.4 is 4.90 Å². The number of rotatable bonds is 4. The van der Waals surface area contributed by atoms with E-state index in [-0.39, 0.29) is 11.7 Å². The molecule has 2 heterocycles. The van der Waals surface area contributed by atoms with Gasteiger partial charge in [-0.25, -0.2) is 8.42 Å². The molecule has 148 valence electrons. The summed E-state index contributed by atoms with van der Waals surface area (Å²) in [4.78, 5) is 17.2. The first-order valence-corrected chi connectivity index (χ1v) is 11.6. The highest BCUT2D eigenvalue weighted by Gasteiger charge is 2.32. The van der Waals surface area contributed by atoms with Gasteiger partial charge in [0, 0.05) is 11.1 Å². The van der Waals surface area contributed by atoms with Gasteiger partial charge in [0.15, 0.2) is 9.84 Å². The van der Waals surface area contributed by atoms with Gasteiger partial charge in [0.2, 0.25) is 5.91 Å². The molecule has 2 aliphatic rings. The summed E-state index contributed by atoms with van der Waals surface area (Å²) in [7, 11) is -3.23. The second kappa shape index (κ2) is 8.57. The summed E-state index contributed by atoms with van der Waals surface area (Å²) >= 11 is 0. The van der Waals surface area contributed by atoms with E-state index in [1.54, 1.807) is 11.0 Å². The predicted molar refractivity (Wildman–Crippen MR) is 110 cm³/mol.